The first-order valence-corrected chi connectivity index (χ1v) is 8.09. The number of alkyl carbamates (subject to hydrolysis) is 1. The van der Waals surface area contributed by atoms with Gasteiger partial charge in [-0.05, 0) is 61.9 Å². The summed E-state index contributed by atoms with van der Waals surface area (Å²) >= 11 is 3.65. The molecule has 1 aromatic rings. The second kappa shape index (κ2) is 7.26. The zero-order valence-electron chi connectivity index (χ0n) is 12.0. The van der Waals surface area contributed by atoms with Crippen molar-refractivity contribution >= 4 is 45.9 Å². The van der Waals surface area contributed by atoms with E-state index in [0.29, 0.717) is 18.0 Å². The summed E-state index contributed by atoms with van der Waals surface area (Å²) in [6, 6.07) is 1.97. The predicted octanol–water partition coefficient (Wildman–Crippen LogP) is 2.92. The van der Waals surface area contributed by atoms with Crippen LogP contribution < -0.4 is 10.6 Å². The van der Waals surface area contributed by atoms with Crippen LogP contribution in [-0.2, 0) is 4.74 Å². The Morgan fingerprint density at radius 2 is 1.90 bits per heavy atom. The number of hydrogen-bond donors (Lipinski definition) is 2. The molecule has 2 N–H and O–H groups in total. The highest BCUT2D eigenvalue weighted by Gasteiger charge is 2.16. The number of thiophene rings is 1. The molecule has 1 rings (SSSR count). The van der Waals surface area contributed by atoms with Crippen LogP contribution in [0.1, 0.15) is 36.0 Å². The van der Waals surface area contributed by atoms with Crippen molar-refractivity contribution in [2.45, 2.75) is 33.3 Å². The Balaban J connectivity index is 2.30. The first-order chi connectivity index (χ1) is 9.19. The molecular weight excluding hydrogens is 391 g/mol. The van der Waals surface area contributed by atoms with Gasteiger partial charge in [-0.15, -0.1) is 11.3 Å². The highest BCUT2D eigenvalue weighted by Crippen LogP contribution is 2.22. The summed E-state index contributed by atoms with van der Waals surface area (Å²) in [5.74, 6) is -0.110. The Morgan fingerprint density at radius 3 is 2.40 bits per heavy atom. The minimum atomic E-state index is -0.516. The molecule has 0 aliphatic heterocycles. The van der Waals surface area contributed by atoms with Crippen LogP contribution in [0.2, 0.25) is 0 Å². The van der Waals surface area contributed by atoms with Crippen molar-refractivity contribution in [3.63, 3.8) is 0 Å². The molecule has 0 saturated heterocycles. The van der Waals surface area contributed by atoms with Gasteiger partial charge in [0.1, 0.15) is 5.60 Å². The number of hydrogen-bond acceptors (Lipinski definition) is 4. The average molecular weight is 410 g/mol. The lowest BCUT2D eigenvalue weighted by Crippen LogP contribution is -2.37. The van der Waals surface area contributed by atoms with E-state index in [1.165, 1.54) is 11.3 Å². The van der Waals surface area contributed by atoms with E-state index in [1.807, 2.05) is 13.0 Å². The Hall–Kier alpha value is -0.830. The van der Waals surface area contributed by atoms with Gasteiger partial charge in [-0.1, -0.05) is 0 Å². The quantitative estimate of drug-likeness (QED) is 0.593. The zero-order chi connectivity index (χ0) is 15.3. The molecule has 1 aromatic heterocycles. The molecule has 0 spiro atoms. The molecule has 1 heterocycles. The lowest BCUT2D eigenvalue weighted by Gasteiger charge is -2.19. The van der Waals surface area contributed by atoms with Gasteiger partial charge in [-0.25, -0.2) is 4.79 Å². The van der Waals surface area contributed by atoms with Gasteiger partial charge in [0.2, 0.25) is 0 Å². The molecular formula is C13H19IN2O3S. The highest BCUT2D eigenvalue weighted by atomic mass is 127. The molecule has 5 nitrogen and oxygen atoms in total. The Bertz CT molecular complexity index is 494. The Morgan fingerprint density at radius 1 is 1.30 bits per heavy atom. The van der Waals surface area contributed by atoms with Gasteiger partial charge in [0.05, 0.1) is 7.76 Å². The van der Waals surface area contributed by atoms with Gasteiger partial charge in [-0.2, -0.15) is 0 Å². The second-order valence-corrected chi connectivity index (χ2v) is 8.19. The first kappa shape index (κ1) is 17.2. The smallest absolute Gasteiger partial charge is 0.407 e. The van der Waals surface area contributed by atoms with Crippen molar-refractivity contribution in [2.75, 3.05) is 13.1 Å². The van der Waals surface area contributed by atoms with Crippen LogP contribution in [0.15, 0.2) is 6.07 Å². The molecule has 0 atom stereocenters. The minimum absolute atomic E-state index is 0.110. The van der Waals surface area contributed by atoms with E-state index in [0.717, 1.165) is 8.45 Å². The molecule has 0 saturated carbocycles. The summed E-state index contributed by atoms with van der Waals surface area (Å²) in [5, 5.41) is 5.36. The summed E-state index contributed by atoms with van der Waals surface area (Å²) in [6.07, 6.45) is -0.478. The van der Waals surface area contributed by atoms with Gasteiger partial charge in [0.25, 0.3) is 5.91 Å². The zero-order valence-corrected chi connectivity index (χ0v) is 15.0. The number of aryl methyl sites for hydroxylation is 1. The van der Waals surface area contributed by atoms with Crippen molar-refractivity contribution in [3.8, 4) is 0 Å². The number of carbonyl (C=O) groups is 2. The van der Waals surface area contributed by atoms with Crippen LogP contribution in [0.4, 0.5) is 4.79 Å². The Kier molecular flexibility index (Phi) is 6.25. The van der Waals surface area contributed by atoms with E-state index in [4.69, 9.17) is 4.74 Å². The molecule has 0 aliphatic carbocycles. The number of rotatable bonds is 4. The third kappa shape index (κ3) is 6.08. The van der Waals surface area contributed by atoms with Crippen LogP contribution >= 0.6 is 33.9 Å². The summed E-state index contributed by atoms with van der Waals surface area (Å²) in [5.41, 5.74) is 0.454. The van der Waals surface area contributed by atoms with Gasteiger partial charge in [0.15, 0.2) is 0 Å². The summed E-state index contributed by atoms with van der Waals surface area (Å²) in [4.78, 5) is 24.0. The molecule has 7 heteroatoms. The molecule has 0 aromatic carbocycles. The largest absolute Gasteiger partial charge is 0.444 e. The summed E-state index contributed by atoms with van der Waals surface area (Å²) in [6.45, 7) is 8.02. The molecule has 20 heavy (non-hydrogen) atoms. The van der Waals surface area contributed by atoms with Crippen molar-refractivity contribution in [3.05, 3.63) is 19.4 Å². The normalized spacial score (nSPS) is 11.1. The monoisotopic (exact) mass is 410 g/mol. The predicted molar refractivity (Wildman–Crippen MR) is 88.3 cm³/mol. The lowest BCUT2D eigenvalue weighted by molar-refractivity contribution is 0.0526. The average Bonchev–Trinajstić information content (AvgIpc) is 2.61. The topological polar surface area (TPSA) is 67.4 Å². The standard InChI is InChI=1S/C13H19IN2O3S/c1-8-7-9(14)20-10(8)11(17)15-5-6-16-12(18)19-13(2,3)4/h7H,5-6H2,1-4H3,(H,15,17)(H,16,18). The minimum Gasteiger partial charge on any atom is -0.444 e. The van der Waals surface area contributed by atoms with E-state index in [9.17, 15) is 9.59 Å². The first-order valence-electron chi connectivity index (χ1n) is 6.20. The number of amides is 2. The maximum atomic E-state index is 11.9. The molecule has 0 unspecified atom stereocenters. The molecule has 0 fully saturated rings. The van der Waals surface area contributed by atoms with Crippen molar-refractivity contribution in [1.29, 1.82) is 0 Å². The highest BCUT2D eigenvalue weighted by molar-refractivity contribution is 14.1. The van der Waals surface area contributed by atoms with E-state index in [-0.39, 0.29) is 5.91 Å². The van der Waals surface area contributed by atoms with Gasteiger partial charge in [0, 0.05) is 13.1 Å². The van der Waals surface area contributed by atoms with Crippen molar-refractivity contribution in [2.24, 2.45) is 0 Å². The van der Waals surface area contributed by atoms with E-state index < -0.39 is 11.7 Å². The third-order valence-electron chi connectivity index (χ3n) is 2.17. The fourth-order valence-corrected chi connectivity index (χ4v) is 3.35. The summed E-state index contributed by atoms with van der Waals surface area (Å²) in [7, 11) is 0. The maximum absolute atomic E-state index is 11.9. The fourth-order valence-electron chi connectivity index (χ4n) is 1.40. The molecule has 0 aliphatic rings. The van der Waals surface area contributed by atoms with Crippen LogP contribution in [0.3, 0.4) is 0 Å². The second-order valence-electron chi connectivity index (χ2n) is 5.25. The third-order valence-corrected chi connectivity index (χ3v) is 4.17. The van der Waals surface area contributed by atoms with Crippen LogP contribution in [0.5, 0.6) is 0 Å². The SMILES string of the molecule is Cc1cc(I)sc1C(=O)NCCNC(=O)OC(C)(C)C. The van der Waals surface area contributed by atoms with Gasteiger partial charge >= 0.3 is 6.09 Å². The van der Waals surface area contributed by atoms with E-state index in [1.54, 1.807) is 20.8 Å². The number of nitrogens with one attached hydrogen (secondary N) is 2. The number of halogens is 1. The fraction of sp³-hybridized carbons (Fsp3) is 0.538. The van der Waals surface area contributed by atoms with Crippen molar-refractivity contribution < 1.29 is 14.3 Å². The molecule has 112 valence electrons. The lowest BCUT2D eigenvalue weighted by atomic mass is 10.2. The number of ether oxygens (including phenoxy) is 1. The van der Waals surface area contributed by atoms with Crippen LogP contribution in [0, 0.1) is 9.81 Å². The molecule has 0 bridgehead atoms. The molecule has 0 radical (unpaired) electrons. The summed E-state index contributed by atoms with van der Waals surface area (Å²) < 4.78 is 6.17. The number of carbonyl (C=O) groups excluding carboxylic acids is 2. The maximum Gasteiger partial charge on any atom is 0.407 e. The van der Waals surface area contributed by atoms with Gasteiger partial charge in [-0.3, -0.25) is 4.79 Å². The van der Waals surface area contributed by atoms with Gasteiger partial charge < -0.3 is 15.4 Å². The Labute approximate surface area is 136 Å². The van der Waals surface area contributed by atoms with E-state index >= 15 is 0 Å². The van der Waals surface area contributed by atoms with Crippen molar-refractivity contribution in [1.82, 2.24) is 10.6 Å². The molecule has 2 amide bonds. The van der Waals surface area contributed by atoms with E-state index in [2.05, 4.69) is 33.2 Å². The van der Waals surface area contributed by atoms with Crippen LogP contribution in [-0.4, -0.2) is 30.7 Å². The van der Waals surface area contributed by atoms with Crippen LogP contribution in [0.25, 0.3) is 0 Å².